The van der Waals surface area contributed by atoms with E-state index >= 15 is 0 Å². The summed E-state index contributed by atoms with van der Waals surface area (Å²) in [5, 5.41) is 17.1. The van der Waals surface area contributed by atoms with Crippen molar-refractivity contribution in [3.63, 3.8) is 0 Å². The molecule has 1 saturated heterocycles. The Hall–Kier alpha value is -2.29. The molecule has 0 amide bonds. The van der Waals surface area contributed by atoms with Gasteiger partial charge in [-0.15, -0.1) is 0 Å². The van der Waals surface area contributed by atoms with Crippen LogP contribution in [0, 0.1) is 0 Å². The Morgan fingerprint density at radius 1 is 0.882 bits per heavy atom. The molecule has 0 spiro atoms. The molecule has 1 fully saturated rings. The fourth-order valence-corrected chi connectivity index (χ4v) is 4.58. The van der Waals surface area contributed by atoms with Gasteiger partial charge in [-0.1, -0.05) is 31.7 Å². The molecule has 8 heteroatoms. The summed E-state index contributed by atoms with van der Waals surface area (Å²) in [6, 6.07) is 4.22. The second-order valence-electron chi connectivity index (χ2n) is 9.46. The standard InChI is InChI=1S/C26H40N6O2/c33-22-8-4-2-1-3-6-13-28-26-30-19-23(25(31-26)27-12-7-5-9-22)24-11-10-21(18-29-24)20-32-14-16-34-17-15-32/h10-11,18-19,22,33H,1-9,12-17,20H2,(H2,27,28,30,31). The lowest BCUT2D eigenvalue weighted by Crippen LogP contribution is -2.35. The minimum absolute atomic E-state index is 0.168. The van der Waals surface area contributed by atoms with E-state index in [0.29, 0.717) is 5.95 Å². The maximum atomic E-state index is 10.2. The Balaban J connectivity index is 1.43. The zero-order valence-electron chi connectivity index (χ0n) is 20.3. The van der Waals surface area contributed by atoms with Crippen LogP contribution in [0.15, 0.2) is 24.5 Å². The molecule has 34 heavy (non-hydrogen) atoms. The molecule has 2 aliphatic rings. The van der Waals surface area contributed by atoms with E-state index in [9.17, 15) is 5.11 Å². The van der Waals surface area contributed by atoms with Crippen LogP contribution in [0.4, 0.5) is 11.8 Å². The van der Waals surface area contributed by atoms with Gasteiger partial charge in [0.1, 0.15) is 5.82 Å². The Morgan fingerprint density at radius 3 is 2.44 bits per heavy atom. The topological polar surface area (TPSA) is 95.4 Å². The fraction of sp³-hybridized carbons (Fsp3) is 0.654. The third-order valence-electron chi connectivity index (χ3n) is 6.65. The van der Waals surface area contributed by atoms with Crippen LogP contribution in [-0.2, 0) is 11.3 Å². The first kappa shape index (κ1) is 24.8. The maximum Gasteiger partial charge on any atom is 0.224 e. The molecule has 2 aromatic heterocycles. The highest BCUT2D eigenvalue weighted by Gasteiger charge is 2.14. The van der Waals surface area contributed by atoms with Crippen LogP contribution in [0.25, 0.3) is 11.3 Å². The van der Waals surface area contributed by atoms with Crippen molar-refractivity contribution in [2.24, 2.45) is 0 Å². The second-order valence-corrected chi connectivity index (χ2v) is 9.46. The maximum absolute atomic E-state index is 10.2. The Bertz CT molecular complexity index is 857. The quantitative estimate of drug-likeness (QED) is 0.620. The second kappa shape index (κ2) is 13.6. The van der Waals surface area contributed by atoms with Gasteiger partial charge in [0.2, 0.25) is 5.95 Å². The highest BCUT2D eigenvalue weighted by Crippen LogP contribution is 2.26. The van der Waals surface area contributed by atoms with Crippen LogP contribution in [0.2, 0.25) is 0 Å². The number of fused-ring (bicyclic) bond motifs is 2. The van der Waals surface area contributed by atoms with Gasteiger partial charge in [-0.05, 0) is 43.7 Å². The average Bonchev–Trinajstić information content (AvgIpc) is 2.86. The molecule has 1 unspecified atom stereocenters. The van der Waals surface area contributed by atoms with Crippen LogP contribution < -0.4 is 10.6 Å². The summed E-state index contributed by atoms with van der Waals surface area (Å²) in [5.41, 5.74) is 3.00. The number of nitrogens with zero attached hydrogens (tertiary/aromatic N) is 4. The predicted molar refractivity (Wildman–Crippen MR) is 136 cm³/mol. The number of hydrogen-bond acceptors (Lipinski definition) is 8. The lowest BCUT2D eigenvalue weighted by molar-refractivity contribution is 0.0341. The van der Waals surface area contributed by atoms with Crippen molar-refractivity contribution in [2.45, 2.75) is 70.4 Å². The molecular formula is C26H40N6O2. The van der Waals surface area contributed by atoms with Crippen molar-refractivity contribution < 1.29 is 9.84 Å². The SMILES string of the molecule is OC1CCCCCCCNc2ncc(-c3ccc(CN4CCOCC4)cn3)c(n2)NCCCC1. The van der Waals surface area contributed by atoms with Crippen molar-refractivity contribution >= 4 is 11.8 Å². The third kappa shape index (κ3) is 7.89. The van der Waals surface area contributed by atoms with Crippen molar-refractivity contribution in [1.29, 1.82) is 0 Å². The number of morpholine rings is 1. The van der Waals surface area contributed by atoms with E-state index < -0.39 is 0 Å². The van der Waals surface area contributed by atoms with Crippen LogP contribution in [0.3, 0.4) is 0 Å². The van der Waals surface area contributed by atoms with Gasteiger partial charge in [0.15, 0.2) is 0 Å². The normalized spacial score (nSPS) is 21.7. The first-order chi connectivity index (χ1) is 16.8. The molecule has 2 aliphatic heterocycles. The van der Waals surface area contributed by atoms with Gasteiger partial charge in [0.25, 0.3) is 0 Å². The van der Waals surface area contributed by atoms with E-state index in [0.717, 1.165) is 102 Å². The van der Waals surface area contributed by atoms with Gasteiger partial charge < -0.3 is 20.5 Å². The van der Waals surface area contributed by atoms with E-state index in [1.807, 2.05) is 12.4 Å². The minimum Gasteiger partial charge on any atom is -0.393 e. The third-order valence-corrected chi connectivity index (χ3v) is 6.65. The molecule has 1 atom stereocenters. The summed E-state index contributed by atoms with van der Waals surface area (Å²) in [6.45, 7) is 6.12. The summed E-state index contributed by atoms with van der Waals surface area (Å²) in [7, 11) is 0. The number of ether oxygens (including phenoxy) is 1. The molecule has 0 saturated carbocycles. The zero-order chi connectivity index (χ0) is 23.4. The number of anilines is 2. The lowest BCUT2D eigenvalue weighted by Gasteiger charge is -2.26. The summed E-state index contributed by atoms with van der Waals surface area (Å²) < 4.78 is 5.45. The van der Waals surface area contributed by atoms with Crippen LogP contribution in [-0.4, -0.2) is 70.5 Å². The fourth-order valence-electron chi connectivity index (χ4n) is 4.58. The van der Waals surface area contributed by atoms with Crippen molar-refractivity contribution in [3.05, 3.63) is 30.1 Å². The predicted octanol–water partition coefficient (Wildman–Crippen LogP) is 4.08. The Kier molecular flexibility index (Phi) is 9.90. The average molecular weight is 469 g/mol. The number of rotatable bonds is 3. The van der Waals surface area contributed by atoms with Crippen molar-refractivity contribution in [1.82, 2.24) is 19.9 Å². The van der Waals surface area contributed by atoms with Crippen molar-refractivity contribution in [3.8, 4) is 11.3 Å². The number of aliphatic hydroxyl groups is 1. The van der Waals surface area contributed by atoms with Gasteiger partial charge in [-0.3, -0.25) is 9.88 Å². The number of aliphatic hydroxyl groups excluding tert-OH is 1. The number of nitrogens with one attached hydrogen (secondary N) is 2. The van der Waals surface area contributed by atoms with Gasteiger partial charge in [0.05, 0.1) is 30.6 Å². The summed E-state index contributed by atoms with van der Waals surface area (Å²) in [4.78, 5) is 16.5. The first-order valence-corrected chi connectivity index (χ1v) is 13.1. The molecule has 2 bridgehead atoms. The van der Waals surface area contributed by atoms with Gasteiger partial charge >= 0.3 is 0 Å². The molecule has 8 nitrogen and oxygen atoms in total. The number of hydrogen-bond donors (Lipinski definition) is 3. The highest BCUT2D eigenvalue weighted by molar-refractivity contribution is 5.72. The number of aromatic nitrogens is 3. The van der Waals surface area contributed by atoms with Crippen LogP contribution in [0.5, 0.6) is 0 Å². The smallest absolute Gasteiger partial charge is 0.224 e. The minimum atomic E-state index is -0.168. The van der Waals surface area contributed by atoms with E-state index in [1.54, 1.807) is 0 Å². The van der Waals surface area contributed by atoms with Gasteiger partial charge in [-0.2, -0.15) is 4.98 Å². The molecule has 3 N–H and O–H groups in total. The Labute approximate surface area is 203 Å². The molecular weight excluding hydrogens is 428 g/mol. The molecule has 0 aromatic carbocycles. The largest absolute Gasteiger partial charge is 0.393 e. The summed E-state index contributed by atoms with van der Waals surface area (Å²) in [5.74, 6) is 1.48. The molecule has 2 aromatic rings. The van der Waals surface area contributed by atoms with E-state index in [-0.39, 0.29) is 6.10 Å². The van der Waals surface area contributed by atoms with Gasteiger partial charge in [0, 0.05) is 45.1 Å². The molecule has 4 rings (SSSR count). The van der Waals surface area contributed by atoms with Crippen LogP contribution in [0.1, 0.15) is 63.4 Å². The van der Waals surface area contributed by atoms with E-state index in [4.69, 9.17) is 14.7 Å². The summed E-state index contributed by atoms with van der Waals surface area (Å²) >= 11 is 0. The molecule has 0 radical (unpaired) electrons. The van der Waals surface area contributed by atoms with Crippen LogP contribution >= 0.6 is 0 Å². The van der Waals surface area contributed by atoms with Crippen molar-refractivity contribution in [2.75, 3.05) is 50.0 Å². The zero-order valence-corrected chi connectivity index (χ0v) is 20.3. The number of pyridine rings is 1. The Morgan fingerprint density at radius 2 is 1.62 bits per heavy atom. The molecule has 0 aliphatic carbocycles. The van der Waals surface area contributed by atoms with Gasteiger partial charge in [-0.25, -0.2) is 4.98 Å². The molecule has 186 valence electrons. The first-order valence-electron chi connectivity index (χ1n) is 13.1. The lowest BCUT2D eigenvalue weighted by atomic mass is 10.0. The van der Waals surface area contributed by atoms with E-state index in [2.05, 4.69) is 32.7 Å². The summed E-state index contributed by atoms with van der Waals surface area (Å²) in [6.07, 6.45) is 13.3. The van der Waals surface area contributed by atoms with E-state index in [1.165, 1.54) is 24.8 Å². The molecule has 4 heterocycles. The monoisotopic (exact) mass is 468 g/mol. The highest BCUT2D eigenvalue weighted by atomic mass is 16.5.